The molecule has 1 aromatic rings. The third-order valence-electron chi connectivity index (χ3n) is 4.70. The van der Waals surface area contributed by atoms with Gasteiger partial charge in [-0.3, -0.25) is 4.90 Å². The lowest BCUT2D eigenvalue weighted by atomic mass is 9.73. The number of ether oxygens (including phenoxy) is 1. The van der Waals surface area contributed by atoms with Gasteiger partial charge in [-0.05, 0) is 32.0 Å². The Kier molecular flexibility index (Phi) is 2.02. The van der Waals surface area contributed by atoms with Crippen LogP contribution in [0.3, 0.4) is 0 Å². The normalized spacial score (nSPS) is 36.2. The molecule has 2 bridgehead atoms. The lowest BCUT2D eigenvalue weighted by Gasteiger charge is -2.50. The van der Waals surface area contributed by atoms with E-state index in [0.29, 0.717) is 5.92 Å². The molecule has 0 aliphatic carbocycles. The maximum absolute atomic E-state index is 6.25. The Morgan fingerprint density at radius 3 is 2.94 bits per heavy atom. The summed E-state index contributed by atoms with van der Waals surface area (Å²) in [7, 11) is 0. The maximum atomic E-state index is 6.25. The molecule has 0 saturated carbocycles. The fourth-order valence-electron chi connectivity index (χ4n) is 3.79. The van der Waals surface area contributed by atoms with Gasteiger partial charge in [0.1, 0.15) is 5.60 Å². The fraction of sp³-hybridized carbons (Fsp3) is 0.533. The van der Waals surface area contributed by atoms with E-state index in [1.165, 1.54) is 31.5 Å². The summed E-state index contributed by atoms with van der Waals surface area (Å²) in [6.45, 7) is 3.52. The Hall–Kier alpha value is -1.53. The summed E-state index contributed by atoms with van der Waals surface area (Å²) >= 11 is 0. The second-order valence-electron chi connectivity index (χ2n) is 5.73. The molecule has 3 saturated heterocycles. The van der Waals surface area contributed by atoms with Gasteiger partial charge in [-0.25, -0.2) is 4.98 Å². The van der Waals surface area contributed by atoms with E-state index < -0.39 is 0 Å². The molecule has 4 aliphatic heterocycles. The number of hydrogen-bond donors (Lipinski definition) is 0. The minimum absolute atomic E-state index is 0.0148. The number of rotatable bonds is 0. The molecule has 0 radical (unpaired) electrons. The van der Waals surface area contributed by atoms with E-state index in [2.05, 4.69) is 21.9 Å². The van der Waals surface area contributed by atoms with Crippen molar-refractivity contribution < 1.29 is 4.74 Å². The minimum atomic E-state index is -0.0148. The van der Waals surface area contributed by atoms with Gasteiger partial charge in [0.2, 0.25) is 5.88 Å². The van der Waals surface area contributed by atoms with Crippen LogP contribution >= 0.6 is 0 Å². The standard InChI is InChI=1S/C15H16N2O/c1-2-11-7-12-8-15(18-14(12)16-9-11)10-17-5-3-13(15)4-6-17/h1,7,9,13H,3-6,8,10H2/t15-/m0/s1. The van der Waals surface area contributed by atoms with Gasteiger partial charge in [-0.15, -0.1) is 6.42 Å². The molecule has 4 aliphatic rings. The largest absolute Gasteiger partial charge is 0.469 e. The highest BCUT2D eigenvalue weighted by molar-refractivity contribution is 5.42. The van der Waals surface area contributed by atoms with Crippen LogP contribution in [0.4, 0.5) is 0 Å². The van der Waals surface area contributed by atoms with Crippen LogP contribution in [0.25, 0.3) is 0 Å². The van der Waals surface area contributed by atoms with Crippen molar-refractivity contribution >= 4 is 0 Å². The molecule has 3 nitrogen and oxygen atoms in total. The highest BCUT2D eigenvalue weighted by Gasteiger charge is 2.52. The van der Waals surface area contributed by atoms with E-state index in [0.717, 1.165) is 24.4 Å². The Balaban J connectivity index is 1.70. The second-order valence-corrected chi connectivity index (χ2v) is 5.73. The summed E-state index contributed by atoms with van der Waals surface area (Å²) in [6.07, 6.45) is 10.7. The molecule has 0 aromatic carbocycles. The summed E-state index contributed by atoms with van der Waals surface area (Å²) in [6, 6.07) is 2.06. The van der Waals surface area contributed by atoms with Crippen molar-refractivity contribution in [1.82, 2.24) is 9.88 Å². The predicted molar refractivity (Wildman–Crippen MR) is 68.4 cm³/mol. The molecule has 3 heteroatoms. The van der Waals surface area contributed by atoms with Gasteiger partial charge in [-0.1, -0.05) is 5.92 Å². The zero-order chi connectivity index (χ0) is 12.2. The van der Waals surface area contributed by atoms with Crippen molar-refractivity contribution in [3.8, 4) is 18.2 Å². The van der Waals surface area contributed by atoms with E-state index >= 15 is 0 Å². The van der Waals surface area contributed by atoms with Crippen molar-refractivity contribution in [2.24, 2.45) is 5.92 Å². The Bertz CT molecular complexity index is 540. The first-order chi connectivity index (χ1) is 8.79. The predicted octanol–water partition coefficient (Wildman–Crippen LogP) is 1.46. The van der Waals surface area contributed by atoms with Crippen LogP contribution in [-0.2, 0) is 6.42 Å². The van der Waals surface area contributed by atoms with E-state index in [1.807, 2.05) is 0 Å². The van der Waals surface area contributed by atoms with Gasteiger partial charge in [0, 0.05) is 36.2 Å². The Morgan fingerprint density at radius 2 is 2.28 bits per heavy atom. The summed E-state index contributed by atoms with van der Waals surface area (Å²) in [4.78, 5) is 6.90. The van der Waals surface area contributed by atoms with Gasteiger partial charge in [0.25, 0.3) is 0 Å². The van der Waals surface area contributed by atoms with E-state index in [4.69, 9.17) is 11.2 Å². The van der Waals surface area contributed by atoms with E-state index in [9.17, 15) is 0 Å². The molecule has 1 aromatic heterocycles. The highest BCUT2D eigenvalue weighted by Crippen LogP contribution is 2.45. The number of terminal acetylenes is 1. The van der Waals surface area contributed by atoms with Crippen LogP contribution in [-0.4, -0.2) is 35.1 Å². The van der Waals surface area contributed by atoms with Crippen LogP contribution in [0.5, 0.6) is 5.88 Å². The third-order valence-corrected chi connectivity index (χ3v) is 4.70. The average molecular weight is 240 g/mol. The van der Waals surface area contributed by atoms with Gasteiger partial charge in [0.05, 0.1) is 0 Å². The van der Waals surface area contributed by atoms with Crippen LogP contribution in [0, 0.1) is 18.3 Å². The van der Waals surface area contributed by atoms with Gasteiger partial charge in [-0.2, -0.15) is 0 Å². The number of hydrogen-bond acceptors (Lipinski definition) is 3. The third kappa shape index (κ3) is 1.33. The molecular weight excluding hydrogens is 224 g/mol. The number of pyridine rings is 1. The van der Waals surface area contributed by atoms with Crippen molar-refractivity contribution in [3.63, 3.8) is 0 Å². The quantitative estimate of drug-likeness (QED) is 0.642. The van der Waals surface area contributed by atoms with Crippen molar-refractivity contribution in [2.75, 3.05) is 19.6 Å². The van der Waals surface area contributed by atoms with Crippen molar-refractivity contribution in [2.45, 2.75) is 24.9 Å². The molecule has 1 spiro atoms. The van der Waals surface area contributed by atoms with Crippen LogP contribution in [0.2, 0.25) is 0 Å². The van der Waals surface area contributed by atoms with Crippen LogP contribution in [0.1, 0.15) is 24.0 Å². The summed E-state index contributed by atoms with van der Waals surface area (Å²) in [5, 5.41) is 0. The molecule has 18 heavy (non-hydrogen) atoms. The molecule has 0 unspecified atom stereocenters. The summed E-state index contributed by atoms with van der Waals surface area (Å²) < 4.78 is 6.25. The minimum Gasteiger partial charge on any atom is -0.469 e. The SMILES string of the molecule is C#Cc1cnc2c(c1)C[C@@]1(CN3CCC1CC3)O2. The first-order valence-corrected chi connectivity index (χ1v) is 6.66. The van der Waals surface area contributed by atoms with Gasteiger partial charge < -0.3 is 4.74 Å². The summed E-state index contributed by atoms with van der Waals surface area (Å²) in [5.41, 5.74) is 2.04. The lowest BCUT2D eigenvalue weighted by Crippen LogP contribution is -2.61. The summed E-state index contributed by atoms with van der Waals surface area (Å²) in [5.74, 6) is 4.15. The zero-order valence-electron chi connectivity index (χ0n) is 10.4. The maximum Gasteiger partial charge on any atom is 0.217 e. The Morgan fingerprint density at radius 1 is 1.44 bits per heavy atom. The van der Waals surface area contributed by atoms with Crippen molar-refractivity contribution in [1.29, 1.82) is 0 Å². The number of aromatic nitrogens is 1. The smallest absolute Gasteiger partial charge is 0.217 e. The van der Waals surface area contributed by atoms with Crippen molar-refractivity contribution in [3.05, 3.63) is 23.4 Å². The molecule has 1 atom stereocenters. The topological polar surface area (TPSA) is 25.4 Å². The Labute approximate surface area is 107 Å². The molecule has 5 rings (SSSR count). The van der Waals surface area contributed by atoms with Gasteiger partial charge >= 0.3 is 0 Å². The molecule has 0 N–H and O–H groups in total. The average Bonchev–Trinajstić information content (AvgIpc) is 2.76. The van der Waals surface area contributed by atoms with Gasteiger partial charge in [0.15, 0.2) is 0 Å². The zero-order valence-corrected chi connectivity index (χ0v) is 10.4. The highest BCUT2D eigenvalue weighted by atomic mass is 16.5. The first-order valence-electron chi connectivity index (χ1n) is 6.66. The fourth-order valence-corrected chi connectivity index (χ4v) is 3.79. The van der Waals surface area contributed by atoms with E-state index in [-0.39, 0.29) is 5.60 Å². The monoisotopic (exact) mass is 240 g/mol. The van der Waals surface area contributed by atoms with E-state index in [1.54, 1.807) is 6.20 Å². The molecule has 92 valence electrons. The second kappa shape index (κ2) is 3.49. The molecular formula is C15H16N2O. The molecule has 5 heterocycles. The number of fused-ring (bicyclic) bond motifs is 3. The number of piperidine rings is 3. The first kappa shape index (κ1) is 10.4. The van der Waals surface area contributed by atoms with Crippen LogP contribution in [0.15, 0.2) is 12.3 Å². The molecule has 3 fully saturated rings. The van der Waals surface area contributed by atoms with Crippen LogP contribution < -0.4 is 4.74 Å². The number of nitrogens with zero attached hydrogens (tertiary/aromatic N) is 2. The molecule has 0 amide bonds. The lowest BCUT2D eigenvalue weighted by molar-refractivity contribution is -0.0814.